The van der Waals surface area contributed by atoms with Crippen molar-refractivity contribution in [1.82, 2.24) is 20.9 Å². The molecule has 3 aromatic rings. The lowest BCUT2D eigenvalue weighted by molar-refractivity contribution is -0.142. The van der Waals surface area contributed by atoms with Crippen LogP contribution in [0.25, 0.3) is 10.8 Å². The SMILES string of the molecule is CC(=O)N[C@@H](CCC(N)=O)C(=O)N[C@H](Cc1ccccc1)C(=O)N1C[C@H](OCc2ccc3ccccc3c2)C[C@@H]1C(=O)NCCN=C(N)N. The number of guanidine groups is 1. The van der Waals surface area contributed by atoms with Gasteiger partial charge < -0.3 is 42.8 Å². The minimum atomic E-state index is -1.11. The van der Waals surface area contributed by atoms with Gasteiger partial charge >= 0.3 is 0 Å². The lowest BCUT2D eigenvalue weighted by atomic mass is 10.0. The number of amides is 5. The Balaban J connectivity index is 1.56. The number of benzene rings is 3. The molecule has 4 atom stereocenters. The van der Waals surface area contributed by atoms with Gasteiger partial charge in [-0.1, -0.05) is 66.7 Å². The Morgan fingerprint density at radius 2 is 1.61 bits per heavy atom. The zero-order chi connectivity index (χ0) is 35.3. The molecule has 1 aliphatic heterocycles. The molecule has 3 aromatic carbocycles. The molecule has 1 saturated heterocycles. The molecule has 0 radical (unpaired) electrons. The third-order valence-electron chi connectivity index (χ3n) is 8.12. The summed E-state index contributed by atoms with van der Waals surface area (Å²) in [6.07, 6.45) is -0.374. The van der Waals surface area contributed by atoms with Gasteiger partial charge in [-0.15, -0.1) is 0 Å². The number of nitrogens with zero attached hydrogens (tertiary/aromatic N) is 2. The number of primary amides is 1. The van der Waals surface area contributed by atoms with Crippen LogP contribution in [0.1, 0.15) is 37.3 Å². The quantitative estimate of drug-likeness (QED) is 0.0699. The van der Waals surface area contributed by atoms with Gasteiger partial charge in [-0.2, -0.15) is 0 Å². The van der Waals surface area contributed by atoms with E-state index in [1.165, 1.54) is 11.8 Å². The molecule has 0 unspecified atom stereocenters. The number of nitrogens with one attached hydrogen (secondary N) is 3. The van der Waals surface area contributed by atoms with Crippen LogP contribution in [-0.2, 0) is 41.7 Å². The standard InChI is InChI=1S/C35H44N8O6/c1-22(44)41-28(13-14-31(36)45)32(46)42-29(18-23-7-3-2-4-8-23)34(48)43-20-27(19-30(43)33(47)39-15-16-40-35(37)38)49-21-24-11-12-25-9-5-6-10-26(25)17-24/h2-12,17,27-30H,13-16,18-21H2,1H3,(H2,36,45)(H,39,47)(H,41,44)(H,42,46)(H4,37,38,40)/t27-,28+,29-,30-/m1/s1. The summed E-state index contributed by atoms with van der Waals surface area (Å²) < 4.78 is 6.26. The number of aliphatic imine (C=N–C) groups is 1. The maximum absolute atomic E-state index is 14.4. The van der Waals surface area contributed by atoms with Crippen molar-refractivity contribution in [3.05, 3.63) is 83.9 Å². The third kappa shape index (κ3) is 11.0. The summed E-state index contributed by atoms with van der Waals surface area (Å²) in [6.45, 7) is 1.89. The summed E-state index contributed by atoms with van der Waals surface area (Å²) >= 11 is 0. The zero-order valence-corrected chi connectivity index (χ0v) is 27.5. The van der Waals surface area contributed by atoms with Crippen LogP contribution >= 0.6 is 0 Å². The molecule has 5 amide bonds. The van der Waals surface area contributed by atoms with E-state index in [0.29, 0.717) is 0 Å². The maximum atomic E-state index is 14.4. The van der Waals surface area contributed by atoms with Crippen molar-refractivity contribution in [1.29, 1.82) is 0 Å². The van der Waals surface area contributed by atoms with Crippen LogP contribution in [0.5, 0.6) is 0 Å². The van der Waals surface area contributed by atoms with Crippen LogP contribution in [0, 0.1) is 0 Å². The minimum Gasteiger partial charge on any atom is -0.372 e. The predicted octanol–water partition coefficient (Wildman–Crippen LogP) is 0.213. The van der Waals surface area contributed by atoms with Gasteiger partial charge in [0.05, 0.1) is 19.3 Å². The molecule has 49 heavy (non-hydrogen) atoms. The van der Waals surface area contributed by atoms with Crippen LogP contribution < -0.4 is 33.2 Å². The van der Waals surface area contributed by atoms with Crippen LogP contribution in [0.3, 0.4) is 0 Å². The van der Waals surface area contributed by atoms with E-state index in [4.69, 9.17) is 21.9 Å². The second-order valence-corrected chi connectivity index (χ2v) is 12.0. The first-order chi connectivity index (χ1) is 23.5. The largest absolute Gasteiger partial charge is 0.372 e. The topological polar surface area (TPSA) is 224 Å². The highest BCUT2D eigenvalue weighted by Crippen LogP contribution is 2.25. The molecule has 0 bridgehead atoms. The van der Waals surface area contributed by atoms with Crippen LogP contribution in [0.4, 0.5) is 0 Å². The zero-order valence-electron chi connectivity index (χ0n) is 27.5. The van der Waals surface area contributed by atoms with Crippen molar-refractivity contribution in [3.63, 3.8) is 0 Å². The molecule has 1 aliphatic rings. The first-order valence-corrected chi connectivity index (χ1v) is 16.1. The van der Waals surface area contributed by atoms with Crippen LogP contribution in [0.15, 0.2) is 77.8 Å². The molecule has 0 aromatic heterocycles. The predicted molar refractivity (Wildman–Crippen MR) is 184 cm³/mol. The number of carbonyl (C=O) groups is 5. The number of hydrogen-bond donors (Lipinski definition) is 6. The van der Waals surface area contributed by atoms with Crippen molar-refractivity contribution in [2.75, 3.05) is 19.6 Å². The van der Waals surface area contributed by atoms with Gasteiger partial charge in [0.1, 0.15) is 18.1 Å². The van der Waals surface area contributed by atoms with Crippen LogP contribution in [-0.4, -0.2) is 84.3 Å². The van der Waals surface area contributed by atoms with Crippen molar-refractivity contribution < 1.29 is 28.7 Å². The summed E-state index contributed by atoms with van der Waals surface area (Å²) in [5.74, 6) is -2.82. The lowest BCUT2D eigenvalue weighted by Gasteiger charge is -2.29. The molecular formula is C35H44N8O6. The normalized spacial score (nSPS) is 16.7. The number of carbonyl (C=O) groups excluding carboxylic acids is 5. The first kappa shape index (κ1) is 36.3. The van der Waals surface area contributed by atoms with Gasteiger partial charge in [-0.25, -0.2) is 0 Å². The van der Waals surface area contributed by atoms with Crippen molar-refractivity contribution in [3.8, 4) is 0 Å². The van der Waals surface area contributed by atoms with Gasteiger partial charge in [0.2, 0.25) is 29.5 Å². The number of likely N-dealkylation sites (tertiary alicyclic amines) is 1. The second kappa shape index (κ2) is 17.6. The molecule has 9 N–H and O–H groups in total. The fraction of sp³-hybridized carbons (Fsp3) is 0.371. The fourth-order valence-corrected chi connectivity index (χ4v) is 5.76. The highest BCUT2D eigenvalue weighted by Gasteiger charge is 2.43. The fourth-order valence-electron chi connectivity index (χ4n) is 5.76. The van der Waals surface area contributed by atoms with E-state index in [1.54, 1.807) is 0 Å². The number of nitrogens with two attached hydrogens (primary N) is 3. The summed E-state index contributed by atoms with van der Waals surface area (Å²) in [7, 11) is 0. The number of fused-ring (bicyclic) bond motifs is 1. The first-order valence-electron chi connectivity index (χ1n) is 16.1. The molecule has 0 aliphatic carbocycles. The lowest BCUT2D eigenvalue weighted by Crippen LogP contribution is -2.57. The molecule has 1 heterocycles. The van der Waals surface area contributed by atoms with Crippen molar-refractivity contribution in [2.45, 2.75) is 63.4 Å². The molecule has 0 saturated carbocycles. The van der Waals surface area contributed by atoms with E-state index in [-0.39, 0.29) is 57.9 Å². The smallest absolute Gasteiger partial charge is 0.246 e. The van der Waals surface area contributed by atoms with E-state index in [0.717, 1.165) is 21.9 Å². The average Bonchev–Trinajstić information content (AvgIpc) is 3.51. The summed E-state index contributed by atoms with van der Waals surface area (Å²) in [5.41, 5.74) is 17.8. The molecule has 4 rings (SSSR count). The number of hydrogen-bond acceptors (Lipinski definition) is 7. The Morgan fingerprint density at radius 1 is 0.898 bits per heavy atom. The Kier molecular flexibility index (Phi) is 13.0. The van der Waals surface area contributed by atoms with E-state index in [2.05, 4.69) is 20.9 Å². The Labute approximate surface area is 284 Å². The van der Waals surface area contributed by atoms with Gasteiger partial charge in [0.15, 0.2) is 5.96 Å². The number of rotatable bonds is 16. The molecule has 0 spiro atoms. The highest BCUT2D eigenvalue weighted by atomic mass is 16.5. The Hall–Kier alpha value is -5.50. The summed E-state index contributed by atoms with van der Waals surface area (Å²) in [6, 6.07) is 20.0. The molecule has 260 valence electrons. The number of ether oxygens (including phenoxy) is 1. The molecular weight excluding hydrogens is 628 g/mol. The molecule has 1 fully saturated rings. The molecule has 14 nitrogen and oxygen atoms in total. The second-order valence-electron chi connectivity index (χ2n) is 12.0. The van der Waals surface area contributed by atoms with E-state index in [9.17, 15) is 24.0 Å². The summed E-state index contributed by atoms with van der Waals surface area (Å²) in [4.78, 5) is 70.0. The highest BCUT2D eigenvalue weighted by molar-refractivity contribution is 5.95. The van der Waals surface area contributed by atoms with E-state index in [1.807, 2.05) is 72.8 Å². The minimum absolute atomic E-state index is 0.0534. The van der Waals surface area contributed by atoms with Gasteiger partial charge in [0.25, 0.3) is 0 Å². The van der Waals surface area contributed by atoms with Crippen LogP contribution in [0.2, 0.25) is 0 Å². The Bertz CT molecular complexity index is 1660. The van der Waals surface area contributed by atoms with Gasteiger partial charge in [-0.3, -0.25) is 29.0 Å². The van der Waals surface area contributed by atoms with Gasteiger partial charge in [-0.05, 0) is 34.4 Å². The van der Waals surface area contributed by atoms with Crippen molar-refractivity contribution in [2.24, 2.45) is 22.2 Å². The van der Waals surface area contributed by atoms with Crippen molar-refractivity contribution >= 4 is 46.3 Å². The summed E-state index contributed by atoms with van der Waals surface area (Å²) in [5, 5.41) is 10.3. The Morgan fingerprint density at radius 3 is 2.31 bits per heavy atom. The van der Waals surface area contributed by atoms with E-state index >= 15 is 0 Å². The monoisotopic (exact) mass is 672 g/mol. The van der Waals surface area contributed by atoms with Gasteiger partial charge in [0, 0.05) is 39.3 Å². The molecule has 14 heteroatoms. The third-order valence-corrected chi connectivity index (χ3v) is 8.12. The maximum Gasteiger partial charge on any atom is 0.246 e. The average molecular weight is 673 g/mol. The van der Waals surface area contributed by atoms with E-state index < -0.39 is 53.8 Å².